The number of nitrogens with zero attached hydrogens (tertiary/aromatic N) is 1. The molecule has 11 rings (SSSR count). The highest BCUT2D eigenvalue weighted by atomic mass is 32.1. The Morgan fingerprint density at radius 2 is 1.00 bits per heavy atom. The van der Waals surface area contributed by atoms with E-state index in [1.165, 1.54) is 92.3 Å². The van der Waals surface area contributed by atoms with E-state index in [9.17, 15) is 0 Å². The summed E-state index contributed by atoms with van der Waals surface area (Å²) in [6, 6.07) is 73.8. The Hall–Kier alpha value is -6.74. The summed E-state index contributed by atoms with van der Waals surface area (Å²) in [6.07, 6.45) is 0. The molecule has 270 valence electrons. The van der Waals surface area contributed by atoms with Crippen LogP contribution in [0.4, 0.5) is 17.1 Å². The monoisotopic (exact) mass is 745 g/mol. The smallest absolute Gasteiger partial charge is 0.0546 e. The molecule has 57 heavy (non-hydrogen) atoms. The number of benzene rings is 9. The van der Waals surface area contributed by atoms with E-state index in [0.29, 0.717) is 0 Å². The zero-order valence-electron chi connectivity index (χ0n) is 31.9. The zero-order chi connectivity index (χ0) is 38.1. The van der Waals surface area contributed by atoms with Gasteiger partial charge in [0.05, 0.1) is 5.69 Å². The molecule has 0 saturated heterocycles. The van der Waals surface area contributed by atoms with Crippen LogP contribution in [0.15, 0.2) is 200 Å². The molecular weight excluding hydrogens is 707 g/mol. The van der Waals surface area contributed by atoms with Crippen molar-refractivity contribution >= 4 is 59.3 Å². The maximum absolute atomic E-state index is 2.49. The van der Waals surface area contributed by atoms with E-state index < -0.39 is 0 Å². The fourth-order valence-corrected chi connectivity index (χ4v) is 10.5. The summed E-state index contributed by atoms with van der Waals surface area (Å²) in [4.78, 5) is 2.47. The Morgan fingerprint density at radius 3 is 1.68 bits per heavy atom. The lowest BCUT2D eigenvalue weighted by molar-refractivity contribution is 0.645. The molecule has 0 atom stereocenters. The number of anilines is 3. The average Bonchev–Trinajstić information content (AvgIpc) is 3.66. The summed E-state index contributed by atoms with van der Waals surface area (Å²) in [5.41, 5.74) is 15.9. The number of hydrogen-bond donors (Lipinski definition) is 0. The van der Waals surface area contributed by atoms with E-state index in [4.69, 9.17) is 0 Å². The highest BCUT2D eigenvalue weighted by molar-refractivity contribution is 7.26. The highest BCUT2D eigenvalue weighted by Gasteiger charge is 2.36. The molecule has 0 spiro atoms. The van der Waals surface area contributed by atoms with E-state index in [0.717, 1.165) is 11.4 Å². The van der Waals surface area contributed by atoms with Gasteiger partial charge in [-0.1, -0.05) is 172 Å². The SMILES string of the molecule is CC1(C)c2ccc(-c3cccc4c3sc3ccccc34)cc2-c2c(N(c3ccc(-c4ccccc4)cc3)c3ccc(-c4ccccc4)cc3)ccc3cccc1c23. The van der Waals surface area contributed by atoms with E-state index in [1.807, 2.05) is 11.3 Å². The lowest BCUT2D eigenvalue weighted by atomic mass is 9.67. The topological polar surface area (TPSA) is 3.24 Å². The first-order valence-corrected chi connectivity index (χ1v) is 20.6. The van der Waals surface area contributed by atoms with Gasteiger partial charge < -0.3 is 4.90 Å². The summed E-state index contributed by atoms with van der Waals surface area (Å²) < 4.78 is 2.67. The second-order valence-electron chi connectivity index (χ2n) is 15.7. The zero-order valence-corrected chi connectivity index (χ0v) is 32.7. The number of fused-ring (bicyclic) bond motifs is 5. The molecule has 9 aromatic carbocycles. The Bertz CT molecular complexity index is 3040. The summed E-state index contributed by atoms with van der Waals surface area (Å²) >= 11 is 1.90. The maximum Gasteiger partial charge on any atom is 0.0546 e. The van der Waals surface area contributed by atoms with Crippen LogP contribution < -0.4 is 4.90 Å². The second kappa shape index (κ2) is 13.2. The molecule has 1 heterocycles. The van der Waals surface area contributed by atoms with Crippen LogP contribution in [-0.4, -0.2) is 0 Å². The number of thiophene rings is 1. The van der Waals surface area contributed by atoms with Crippen molar-refractivity contribution in [2.24, 2.45) is 0 Å². The summed E-state index contributed by atoms with van der Waals surface area (Å²) in [5, 5.41) is 5.24. The largest absolute Gasteiger partial charge is 0.310 e. The molecule has 0 aliphatic heterocycles. The van der Waals surface area contributed by atoms with Crippen LogP contribution in [0.5, 0.6) is 0 Å². The molecule has 0 N–H and O–H groups in total. The second-order valence-corrected chi connectivity index (χ2v) is 16.7. The van der Waals surface area contributed by atoms with Gasteiger partial charge in [-0.05, 0) is 103 Å². The minimum atomic E-state index is -0.192. The first-order valence-electron chi connectivity index (χ1n) is 19.8. The molecule has 0 fully saturated rings. The van der Waals surface area contributed by atoms with Gasteiger partial charge in [0.2, 0.25) is 0 Å². The van der Waals surface area contributed by atoms with Crippen LogP contribution in [0.2, 0.25) is 0 Å². The quantitative estimate of drug-likeness (QED) is 0.164. The van der Waals surface area contributed by atoms with Gasteiger partial charge in [-0.3, -0.25) is 0 Å². The van der Waals surface area contributed by atoms with Crippen LogP contribution in [0, 0.1) is 0 Å². The Kier molecular flexibility index (Phi) is 7.77. The maximum atomic E-state index is 2.49. The van der Waals surface area contributed by atoms with Gasteiger partial charge in [0.1, 0.15) is 0 Å². The van der Waals surface area contributed by atoms with Crippen molar-refractivity contribution in [3.8, 4) is 44.5 Å². The molecule has 10 aromatic rings. The van der Waals surface area contributed by atoms with Gasteiger partial charge in [-0.25, -0.2) is 0 Å². The number of hydrogen-bond acceptors (Lipinski definition) is 2. The first-order chi connectivity index (χ1) is 28.0. The van der Waals surface area contributed by atoms with Crippen molar-refractivity contribution in [3.05, 3.63) is 211 Å². The minimum absolute atomic E-state index is 0.192. The van der Waals surface area contributed by atoms with Crippen molar-refractivity contribution in [3.63, 3.8) is 0 Å². The average molecular weight is 746 g/mol. The van der Waals surface area contributed by atoms with Crippen molar-refractivity contribution < 1.29 is 0 Å². The molecule has 0 bridgehead atoms. The molecule has 0 radical (unpaired) electrons. The molecule has 1 aliphatic carbocycles. The van der Waals surface area contributed by atoms with Crippen molar-refractivity contribution in [2.75, 3.05) is 4.90 Å². The third-order valence-electron chi connectivity index (χ3n) is 12.1. The van der Waals surface area contributed by atoms with Crippen LogP contribution in [-0.2, 0) is 5.41 Å². The highest BCUT2D eigenvalue weighted by Crippen LogP contribution is 2.55. The predicted octanol–water partition coefficient (Wildman–Crippen LogP) is 16.0. The number of rotatable bonds is 6. The molecule has 0 unspecified atom stereocenters. The van der Waals surface area contributed by atoms with Gasteiger partial charge in [-0.2, -0.15) is 0 Å². The molecule has 0 amide bonds. The summed E-state index contributed by atoms with van der Waals surface area (Å²) in [7, 11) is 0. The van der Waals surface area contributed by atoms with Crippen molar-refractivity contribution in [1.29, 1.82) is 0 Å². The Morgan fingerprint density at radius 1 is 0.421 bits per heavy atom. The van der Waals surface area contributed by atoms with Crippen LogP contribution in [0.3, 0.4) is 0 Å². The fraction of sp³-hybridized carbons (Fsp3) is 0.0545. The third-order valence-corrected chi connectivity index (χ3v) is 13.3. The van der Waals surface area contributed by atoms with Crippen LogP contribution in [0.25, 0.3) is 75.5 Å². The van der Waals surface area contributed by atoms with E-state index in [-0.39, 0.29) is 5.41 Å². The Balaban J connectivity index is 1.16. The minimum Gasteiger partial charge on any atom is -0.310 e. The standard InChI is InChI=1S/C55H39NS/c1-55(2)48-33-27-41(44-19-12-20-46-45-18-9-10-22-51(45)57-54(44)46)35-47(48)53-50(34-28-40-17-11-21-49(55)52(40)53)56(42-29-23-38(24-30-42)36-13-5-3-6-14-36)43-31-25-39(26-32-43)37-15-7-4-8-16-37/h3-35H,1-2H3. The van der Waals surface area contributed by atoms with Crippen LogP contribution >= 0.6 is 11.3 Å². The van der Waals surface area contributed by atoms with Gasteiger partial charge in [0.25, 0.3) is 0 Å². The van der Waals surface area contributed by atoms with Crippen molar-refractivity contribution in [2.45, 2.75) is 19.3 Å². The lowest BCUT2D eigenvalue weighted by Gasteiger charge is -2.38. The molecule has 1 aromatic heterocycles. The summed E-state index contributed by atoms with van der Waals surface area (Å²) in [6.45, 7) is 4.79. The summed E-state index contributed by atoms with van der Waals surface area (Å²) in [5.74, 6) is 0. The fourth-order valence-electron chi connectivity index (χ4n) is 9.23. The van der Waals surface area contributed by atoms with Crippen LogP contribution in [0.1, 0.15) is 25.0 Å². The molecule has 1 aliphatic rings. The normalized spacial score (nSPS) is 12.9. The molecular formula is C55H39NS. The Labute approximate surface area is 337 Å². The van der Waals surface area contributed by atoms with Gasteiger partial charge in [0, 0.05) is 42.5 Å². The van der Waals surface area contributed by atoms with E-state index >= 15 is 0 Å². The molecule has 1 nitrogen and oxygen atoms in total. The predicted molar refractivity (Wildman–Crippen MR) is 245 cm³/mol. The van der Waals surface area contributed by atoms with Crippen molar-refractivity contribution in [1.82, 2.24) is 0 Å². The van der Waals surface area contributed by atoms with E-state index in [2.05, 4.69) is 219 Å². The van der Waals surface area contributed by atoms with Gasteiger partial charge >= 0.3 is 0 Å². The van der Waals surface area contributed by atoms with Gasteiger partial charge in [-0.15, -0.1) is 11.3 Å². The first kappa shape index (κ1) is 33.6. The lowest BCUT2D eigenvalue weighted by Crippen LogP contribution is -2.24. The van der Waals surface area contributed by atoms with E-state index in [1.54, 1.807) is 0 Å². The third kappa shape index (κ3) is 5.44. The molecule has 0 saturated carbocycles. The van der Waals surface area contributed by atoms with Gasteiger partial charge in [0.15, 0.2) is 0 Å². The molecule has 2 heteroatoms.